The van der Waals surface area contributed by atoms with Crippen LogP contribution in [-0.4, -0.2) is 7.05 Å². The molecule has 0 aliphatic carbocycles. The summed E-state index contributed by atoms with van der Waals surface area (Å²) in [7, 11) is 1.95. The Bertz CT molecular complexity index is 599. The van der Waals surface area contributed by atoms with Gasteiger partial charge in [-0.3, -0.25) is 0 Å². The van der Waals surface area contributed by atoms with Gasteiger partial charge in [0.25, 0.3) is 0 Å². The highest BCUT2D eigenvalue weighted by molar-refractivity contribution is 9.10. The fourth-order valence-corrected chi connectivity index (χ4v) is 2.74. The molecule has 0 spiro atoms. The first kappa shape index (κ1) is 16.0. The number of benzene rings is 2. The molecular weight excluding hydrogens is 333 g/mol. The molecule has 2 rings (SSSR count). The van der Waals surface area contributed by atoms with Gasteiger partial charge in [-0.25, -0.2) is 4.39 Å². The first-order valence-corrected chi connectivity index (χ1v) is 7.78. The number of para-hydroxylation sites is 1. The summed E-state index contributed by atoms with van der Waals surface area (Å²) in [6.07, 6.45) is 0.983. The lowest BCUT2D eigenvalue weighted by Crippen LogP contribution is -2.16. The van der Waals surface area contributed by atoms with Gasteiger partial charge in [0.2, 0.25) is 0 Å². The third-order valence-electron chi connectivity index (χ3n) is 3.45. The minimum absolute atomic E-state index is 0.257. The van der Waals surface area contributed by atoms with E-state index in [4.69, 9.17) is 4.74 Å². The average molecular weight is 352 g/mol. The maximum atomic E-state index is 13.1. The van der Waals surface area contributed by atoms with Gasteiger partial charge < -0.3 is 10.1 Å². The van der Waals surface area contributed by atoms with Gasteiger partial charge in [0.05, 0.1) is 0 Å². The summed E-state index contributed by atoms with van der Waals surface area (Å²) in [5, 5.41) is 3.29. The predicted octanol–water partition coefficient (Wildman–Crippen LogP) is 4.84. The van der Waals surface area contributed by atoms with Crippen LogP contribution in [0.5, 0.6) is 5.75 Å². The Morgan fingerprint density at radius 2 is 2.00 bits per heavy atom. The molecule has 2 aromatic rings. The van der Waals surface area contributed by atoms with Crippen molar-refractivity contribution in [1.82, 2.24) is 5.32 Å². The third-order valence-corrected chi connectivity index (χ3v) is 4.19. The molecule has 0 heterocycles. The molecule has 0 saturated heterocycles. The van der Waals surface area contributed by atoms with Crippen LogP contribution in [0.2, 0.25) is 0 Å². The third kappa shape index (κ3) is 4.05. The first-order chi connectivity index (χ1) is 10.2. The van der Waals surface area contributed by atoms with Gasteiger partial charge in [-0.1, -0.05) is 47.1 Å². The summed E-state index contributed by atoms with van der Waals surface area (Å²) in [5.41, 5.74) is 2.06. The van der Waals surface area contributed by atoms with Crippen LogP contribution in [-0.2, 0) is 6.61 Å². The van der Waals surface area contributed by atoms with Crippen molar-refractivity contribution >= 4 is 15.9 Å². The highest BCUT2D eigenvalue weighted by Gasteiger charge is 2.12. The molecule has 21 heavy (non-hydrogen) atoms. The first-order valence-electron chi connectivity index (χ1n) is 6.98. The van der Waals surface area contributed by atoms with Crippen LogP contribution in [0.15, 0.2) is 46.9 Å². The summed E-state index contributed by atoms with van der Waals surface area (Å²) in [6, 6.07) is 12.9. The van der Waals surface area contributed by atoms with E-state index in [-0.39, 0.29) is 11.9 Å². The van der Waals surface area contributed by atoms with Crippen LogP contribution < -0.4 is 10.1 Å². The van der Waals surface area contributed by atoms with E-state index in [1.807, 2.05) is 25.2 Å². The number of rotatable bonds is 6. The number of hydrogen-bond acceptors (Lipinski definition) is 2. The highest BCUT2D eigenvalue weighted by atomic mass is 79.9. The van der Waals surface area contributed by atoms with Gasteiger partial charge in [0, 0.05) is 21.6 Å². The molecule has 1 N–H and O–H groups in total. The zero-order valence-corrected chi connectivity index (χ0v) is 13.8. The summed E-state index contributed by atoms with van der Waals surface area (Å²) < 4.78 is 19.8. The molecule has 4 heteroatoms. The molecule has 0 fully saturated rings. The van der Waals surface area contributed by atoms with Crippen LogP contribution in [0, 0.1) is 5.82 Å². The van der Waals surface area contributed by atoms with Crippen molar-refractivity contribution in [1.29, 1.82) is 0 Å². The van der Waals surface area contributed by atoms with E-state index in [2.05, 4.69) is 34.2 Å². The molecule has 0 radical (unpaired) electrons. The Morgan fingerprint density at radius 1 is 1.24 bits per heavy atom. The van der Waals surface area contributed by atoms with Crippen LogP contribution >= 0.6 is 15.9 Å². The van der Waals surface area contributed by atoms with E-state index < -0.39 is 0 Å². The summed E-state index contributed by atoms with van der Waals surface area (Å²) in [6.45, 7) is 2.53. The Morgan fingerprint density at radius 3 is 2.67 bits per heavy atom. The lowest BCUT2D eigenvalue weighted by molar-refractivity contribution is 0.298. The van der Waals surface area contributed by atoms with E-state index in [1.54, 1.807) is 6.07 Å². The van der Waals surface area contributed by atoms with E-state index in [0.29, 0.717) is 6.61 Å². The molecule has 2 aromatic carbocycles. The van der Waals surface area contributed by atoms with Gasteiger partial charge >= 0.3 is 0 Å². The molecule has 1 atom stereocenters. The maximum absolute atomic E-state index is 13.1. The van der Waals surface area contributed by atoms with Crippen molar-refractivity contribution in [3.63, 3.8) is 0 Å². The van der Waals surface area contributed by atoms with Crippen LogP contribution in [0.3, 0.4) is 0 Å². The second-order valence-electron chi connectivity index (χ2n) is 4.81. The minimum Gasteiger partial charge on any atom is -0.489 e. The number of nitrogens with one attached hydrogen (secondary N) is 1. The van der Waals surface area contributed by atoms with Crippen molar-refractivity contribution in [2.75, 3.05) is 7.05 Å². The Hall–Kier alpha value is -1.39. The summed E-state index contributed by atoms with van der Waals surface area (Å²) in [4.78, 5) is 0. The second kappa shape index (κ2) is 7.57. The topological polar surface area (TPSA) is 21.3 Å². The molecule has 112 valence electrons. The van der Waals surface area contributed by atoms with Crippen LogP contribution in [0.1, 0.15) is 30.5 Å². The molecule has 1 unspecified atom stereocenters. The lowest BCUT2D eigenvalue weighted by Gasteiger charge is -2.19. The molecule has 0 bridgehead atoms. The largest absolute Gasteiger partial charge is 0.489 e. The van der Waals surface area contributed by atoms with Crippen molar-refractivity contribution < 1.29 is 9.13 Å². The number of ether oxygens (including phenoxy) is 1. The SMILES string of the molecule is CCC(NC)c1ccccc1OCc1ccc(F)cc1Br. The summed E-state index contributed by atoms with van der Waals surface area (Å²) in [5.74, 6) is 0.599. The van der Waals surface area contributed by atoms with Gasteiger partial charge in [0.15, 0.2) is 0 Å². The molecule has 0 aliphatic heterocycles. The molecule has 0 saturated carbocycles. The van der Waals surface area contributed by atoms with Crippen molar-refractivity contribution in [3.05, 3.63) is 63.9 Å². The monoisotopic (exact) mass is 351 g/mol. The molecule has 0 aromatic heterocycles. The molecule has 2 nitrogen and oxygen atoms in total. The van der Waals surface area contributed by atoms with Crippen LogP contribution in [0.4, 0.5) is 4.39 Å². The maximum Gasteiger partial charge on any atom is 0.124 e. The molecular formula is C17H19BrFNO. The fraction of sp³-hybridized carbons (Fsp3) is 0.294. The second-order valence-corrected chi connectivity index (χ2v) is 5.67. The average Bonchev–Trinajstić information content (AvgIpc) is 2.49. The van der Waals surface area contributed by atoms with Crippen molar-refractivity contribution in [3.8, 4) is 5.75 Å². The Balaban J connectivity index is 2.16. The van der Waals surface area contributed by atoms with Gasteiger partial charge in [-0.15, -0.1) is 0 Å². The lowest BCUT2D eigenvalue weighted by atomic mass is 10.0. The smallest absolute Gasteiger partial charge is 0.124 e. The highest BCUT2D eigenvalue weighted by Crippen LogP contribution is 2.28. The van der Waals surface area contributed by atoms with E-state index >= 15 is 0 Å². The normalized spacial score (nSPS) is 12.2. The van der Waals surface area contributed by atoms with E-state index in [1.165, 1.54) is 12.1 Å². The van der Waals surface area contributed by atoms with Crippen molar-refractivity contribution in [2.45, 2.75) is 26.0 Å². The standard InChI is InChI=1S/C17H19BrFNO/c1-3-16(20-2)14-6-4-5-7-17(14)21-11-12-8-9-13(19)10-15(12)18/h4-10,16,20H,3,11H2,1-2H3. The fourth-order valence-electron chi connectivity index (χ4n) is 2.27. The molecule has 0 amide bonds. The quantitative estimate of drug-likeness (QED) is 0.803. The van der Waals surface area contributed by atoms with Gasteiger partial charge in [-0.2, -0.15) is 0 Å². The van der Waals surface area contributed by atoms with Crippen molar-refractivity contribution in [2.24, 2.45) is 0 Å². The number of hydrogen-bond donors (Lipinski definition) is 1. The van der Waals surface area contributed by atoms with Gasteiger partial charge in [-0.05, 0) is 31.7 Å². The van der Waals surface area contributed by atoms with Crippen LogP contribution in [0.25, 0.3) is 0 Å². The number of halogens is 2. The van der Waals surface area contributed by atoms with Gasteiger partial charge in [0.1, 0.15) is 18.2 Å². The zero-order valence-electron chi connectivity index (χ0n) is 12.2. The van der Waals surface area contributed by atoms with E-state index in [0.717, 1.165) is 27.8 Å². The Kier molecular flexibility index (Phi) is 5.76. The summed E-state index contributed by atoms with van der Waals surface area (Å²) >= 11 is 3.36. The Labute approximate surface area is 133 Å². The minimum atomic E-state index is -0.257. The van der Waals surface area contributed by atoms with E-state index in [9.17, 15) is 4.39 Å². The molecule has 0 aliphatic rings. The zero-order chi connectivity index (χ0) is 15.2. The predicted molar refractivity (Wildman–Crippen MR) is 87.0 cm³/mol.